The first-order valence-electron chi connectivity index (χ1n) is 6.60. The number of aliphatic hydroxyl groups excluding tert-OH is 1. The first-order chi connectivity index (χ1) is 9.45. The van der Waals surface area contributed by atoms with Crippen LogP contribution >= 0.6 is 23.2 Å². The Labute approximate surface area is 129 Å². The highest BCUT2D eigenvalue weighted by Gasteiger charge is 2.18. The molecule has 0 aliphatic rings. The van der Waals surface area contributed by atoms with E-state index in [9.17, 15) is 5.11 Å². The molecule has 0 saturated heterocycles. The van der Waals surface area contributed by atoms with Crippen molar-refractivity contribution < 1.29 is 5.11 Å². The van der Waals surface area contributed by atoms with E-state index in [-0.39, 0.29) is 0 Å². The molecule has 1 unspecified atom stereocenters. The summed E-state index contributed by atoms with van der Waals surface area (Å²) in [7, 11) is 0. The van der Waals surface area contributed by atoms with Crippen molar-refractivity contribution in [1.82, 2.24) is 9.78 Å². The summed E-state index contributed by atoms with van der Waals surface area (Å²) in [5, 5.41) is 15.8. The molecule has 1 aromatic carbocycles. The lowest BCUT2D eigenvalue weighted by Crippen LogP contribution is -2.06. The Bertz CT molecular complexity index is 602. The summed E-state index contributed by atoms with van der Waals surface area (Å²) in [6.45, 7) is 6.32. The Morgan fingerprint density at radius 3 is 2.40 bits per heavy atom. The third kappa shape index (κ3) is 2.85. The standard InChI is InChI=1S/C15H18Cl2N2O/c1-4-14(20)15-9(2)18-19(10(15)3)8-11-12(16)6-5-7-13(11)17/h5-7,14,20H,4,8H2,1-3H3. The Hall–Kier alpha value is -1.03. The fraction of sp³-hybridized carbons (Fsp3) is 0.400. The number of benzene rings is 1. The lowest BCUT2D eigenvalue weighted by Gasteiger charge is -2.11. The fourth-order valence-electron chi connectivity index (χ4n) is 2.38. The van der Waals surface area contributed by atoms with Crippen LogP contribution in [0.4, 0.5) is 0 Å². The number of halogens is 2. The average molecular weight is 313 g/mol. The van der Waals surface area contributed by atoms with E-state index in [1.165, 1.54) is 0 Å². The van der Waals surface area contributed by atoms with Gasteiger partial charge < -0.3 is 5.11 Å². The molecule has 0 radical (unpaired) electrons. The molecule has 108 valence electrons. The normalized spacial score (nSPS) is 12.7. The van der Waals surface area contributed by atoms with Gasteiger partial charge in [-0.05, 0) is 32.4 Å². The zero-order valence-electron chi connectivity index (χ0n) is 11.8. The maximum atomic E-state index is 10.1. The Kier molecular flexibility index (Phi) is 4.74. The van der Waals surface area contributed by atoms with Gasteiger partial charge in [0.15, 0.2) is 0 Å². The smallest absolute Gasteiger partial charge is 0.0823 e. The van der Waals surface area contributed by atoms with Gasteiger partial charge in [0.25, 0.3) is 0 Å². The van der Waals surface area contributed by atoms with Gasteiger partial charge in [-0.1, -0.05) is 36.2 Å². The van der Waals surface area contributed by atoms with E-state index in [1.807, 2.05) is 43.7 Å². The molecule has 5 heteroatoms. The van der Waals surface area contributed by atoms with Gasteiger partial charge in [0.2, 0.25) is 0 Å². The Morgan fingerprint density at radius 1 is 1.25 bits per heavy atom. The Balaban J connectivity index is 2.40. The SMILES string of the molecule is CCC(O)c1c(C)nn(Cc2c(Cl)cccc2Cl)c1C. The largest absolute Gasteiger partial charge is 0.388 e. The maximum absolute atomic E-state index is 10.1. The molecule has 1 heterocycles. The molecule has 0 aliphatic carbocycles. The number of aromatic nitrogens is 2. The second-order valence-corrected chi connectivity index (χ2v) is 5.68. The van der Waals surface area contributed by atoms with Crippen molar-refractivity contribution in [3.8, 4) is 0 Å². The summed E-state index contributed by atoms with van der Waals surface area (Å²) >= 11 is 12.4. The molecule has 0 spiro atoms. The minimum atomic E-state index is -0.481. The summed E-state index contributed by atoms with van der Waals surface area (Å²) in [5.41, 5.74) is 3.54. The summed E-state index contributed by atoms with van der Waals surface area (Å²) in [6.07, 6.45) is 0.186. The molecular formula is C15H18Cl2N2O. The van der Waals surface area contributed by atoms with E-state index in [4.69, 9.17) is 23.2 Å². The predicted octanol–water partition coefficient (Wildman–Crippen LogP) is 4.30. The van der Waals surface area contributed by atoms with E-state index in [1.54, 1.807) is 0 Å². The predicted molar refractivity (Wildman–Crippen MR) is 82.5 cm³/mol. The zero-order chi connectivity index (χ0) is 14.9. The molecule has 20 heavy (non-hydrogen) atoms. The monoisotopic (exact) mass is 312 g/mol. The van der Waals surface area contributed by atoms with E-state index in [0.717, 1.165) is 22.5 Å². The van der Waals surface area contributed by atoms with E-state index < -0.39 is 6.10 Å². The molecule has 0 amide bonds. The summed E-state index contributed by atoms with van der Waals surface area (Å²) in [5.74, 6) is 0. The molecule has 2 rings (SSSR count). The zero-order valence-corrected chi connectivity index (χ0v) is 13.3. The molecule has 1 atom stereocenters. The van der Waals surface area contributed by atoms with Crippen molar-refractivity contribution in [3.63, 3.8) is 0 Å². The van der Waals surface area contributed by atoms with Crippen LogP contribution in [-0.2, 0) is 6.54 Å². The lowest BCUT2D eigenvalue weighted by atomic mass is 10.1. The quantitative estimate of drug-likeness (QED) is 0.914. The molecule has 1 aromatic heterocycles. The third-order valence-electron chi connectivity index (χ3n) is 3.53. The van der Waals surface area contributed by atoms with Crippen molar-refractivity contribution in [2.45, 2.75) is 39.8 Å². The summed E-state index contributed by atoms with van der Waals surface area (Å²) in [4.78, 5) is 0. The highest BCUT2D eigenvalue weighted by atomic mass is 35.5. The van der Waals surface area contributed by atoms with Crippen LogP contribution in [0.3, 0.4) is 0 Å². The minimum absolute atomic E-state index is 0.481. The van der Waals surface area contributed by atoms with Crippen molar-refractivity contribution in [2.75, 3.05) is 0 Å². The molecule has 0 bridgehead atoms. The van der Waals surface area contributed by atoms with Crippen LogP contribution in [0, 0.1) is 13.8 Å². The van der Waals surface area contributed by atoms with Crippen LogP contribution in [-0.4, -0.2) is 14.9 Å². The highest BCUT2D eigenvalue weighted by Crippen LogP contribution is 2.28. The molecule has 0 aliphatic heterocycles. The average Bonchev–Trinajstić information content (AvgIpc) is 2.68. The van der Waals surface area contributed by atoms with Gasteiger partial charge in [-0.3, -0.25) is 4.68 Å². The van der Waals surface area contributed by atoms with Crippen molar-refractivity contribution >= 4 is 23.2 Å². The van der Waals surface area contributed by atoms with Crippen LogP contribution in [0.25, 0.3) is 0 Å². The number of hydrogen-bond donors (Lipinski definition) is 1. The van der Waals surface area contributed by atoms with Crippen molar-refractivity contribution in [1.29, 1.82) is 0 Å². The first kappa shape index (κ1) is 15.4. The van der Waals surface area contributed by atoms with Crippen LogP contribution < -0.4 is 0 Å². The number of hydrogen-bond acceptors (Lipinski definition) is 2. The van der Waals surface area contributed by atoms with Crippen molar-refractivity contribution in [3.05, 3.63) is 50.8 Å². The molecule has 0 fully saturated rings. The van der Waals surface area contributed by atoms with E-state index in [2.05, 4.69) is 5.10 Å². The number of aryl methyl sites for hydroxylation is 1. The molecule has 0 saturated carbocycles. The molecule has 2 aromatic rings. The molecular weight excluding hydrogens is 295 g/mol. The van der Waals surface area contributed by atoms with Gasteiger partial charge in [-0.25, -0.2) is 0 Å². The van der Waals surface area contributed by atoms with Crippen LogP contribution in [0.1, 0.15) is 42.0 Å². The van der Waals surface area contributed by atoms with E-state index >= 15 is 0 Å². The third-order valence-corrected chi connectivity index (χ3v) is 4.24. The van der Waals surface area contributed by atoms with Gasteiger partial charge in [0.1, 0.15) is 0 Å². The fourth-order valence-corrected chi connectivity index (χ4v) is 2.90. The van der Waals surface area contributed by atoms with Crippen LogP contribution in [0.15, 0.2) is 18.2 Å². The number of rotatable bonds is 4. The second kappa shape index (κ2) is 6.17. The number of nitrogens with zero attached hydrogens (tertiary/aromatic N) is 2. The van der Waals surface area contributed by atoms with Gasteiger partial charge in [-0.2, -0.15) is 5.10 Å². The summed E-state index contributed by atoms with van der Waals surface area (Å²) < 4.78 is 1.84. The first-order valence-corrected chi connectivity index (χ1v) is 7.36. The van der Waals surface area contributed by atoms with Crippen LogP contribution in [0.5, 0.6) is 0 Å². The van der Waals surface area contributed by atoms with Gasteiger partial charge >= 0.3 is 0 Å². The highest BCUT2D eigenvalue weighted by molar-refractivity contribution is 6.35. The van der Waals surface area contributed by atoms with Crippen LogP contribution in [0.2, 0.25) is 10.0 Å². The minimum Gasteiger partial charge on any atom is -0.388 e. The lowest BCUT2D eigenvalue weighted by molar-refractivity contribution is 0.172. The van der Waals surface area contributed by atoms with Crippen molar-refractivity contribution in [2.24, 2.45) is 0 Å². The maximum Gasteiger partial charge on any atom is 0.0823 e. The Morgan fingerprint density at radius 2 is 1.85 bits per heavy atom. The van der Waals surface area contributed by atoms with E-state index in [0.29, 0.717) is 23.0 Å². The molecule has 1 N–H and O–H groups in total. The summed E-state index contributed by atoms with van der Waals surface area (Å²) in [6, 6.07) is 5.45. The van der Waals surface area contributed by atoms with Gasteiger partial charge in [0.05, 0.1) is 18.3 Å². The van der Waals surface area contributed by atoms with Gasteiger partial charge in [-0.15, -0.1) is 0 Å². The number of aliphatic hydroxyl groups is 1. The second-order valence-electron chi connectivity index (χ2n) is 4.87. The molecule has 3 nitrogen and oxygen atoms in total. The van der Waals surface area contributed by atoms with Gasteiger partial charge in [0, 0.05) is 26.9 Å². The topological polar surface area (TPSA) is 38.1 Å².